The summed E-state index contributed by atoms with van der Waals surface area (Å²) in [5, 5.41) is 2.83. The Morgan fingerprint density at radius 3 is 2.54 bits per heavy atom. The van der Waals surface area contributed by atoms with Gasteiger partial charge in [0, 0.05) is 12.2 Å². The average Bonchev–Trinajstić information content (AvgIpc) is 3.29. The number of nitrogens with zero attached hydrogens (tertiary/aromatic N) is 1. The van der Waals surface area contributed by atoms with Gasteiger partial charge in [-0.25, -0.2) is 13.2 Å². The van der Waals surface area contributed by atoms with Crippen LogP contribution in [0.5, 0.6) is 0 Å². The Hall–Kier alpha value is -3.65. The summed E-state index contributed by atoms with van der Waals surface area (Å²) < 4.78 is 33.1. The number of anilines is 2. The standard InChI is InChI=1S/C27H28N2O5S/c1-18(2)23-12-6-8-19(3)26(23)28-25(30)17-34-27(31)21-10-7-11-22(16-21)35(32,33)29-15-14-20-9-4-5-13-24(20)29/h4-13,16,18H,14-15,17H2,1-3H3,(H,28,30). The molecule has 3 aromatic carbocycles. The smallest absolute Gasteiger partial charge is 0.338 e. The van der Waals surface area contributed by atoms with Gasteiger partial charge >= 0.3 is 5.97 Å². The van der Waals surface area contributed by atoms with Gasteiger partial charge in [0.1, 0.15) is 0 Å². The molecule has 0 spiro atoms. The van der Waals surface area contributed by atoms with Gasteiger partial charge in [-0.05, 0) is 60.2 Å². The number of rotatable bonds is 7. The first-order valence-electron chi connectivity index (χ1n) is 11.5. The van der Waals surface area contributed by atoms with Crippen LogP contribution >= 0.6 is 0 Å². The predicted molar refractivity (Wildman–Crippen MR) is 135 cm³/mol. The van der Waals surface area contributed by atoms with Crippen LogP contribution in [-0.2, 0) is 26.0 Å². The number of benzene rings is 3. The Kier molecular flexibility index (Phi) is 6.93. The first-order chi connectivity index (χ1) is 16.7. The second-order valence-corrected chi connectivity index (χ2v) is 10.7. The molecular formula is C27H28N2O5S. The number of esters is 1. The lowest BCUT2D eigenvalue weighted by molar-refractivity contribution is -0.119. The Balaban J connectivity index is 1.45. The molecular weight excluding hydrogens is 464 g/mol. The van der Waals surface area contributed by atoms with E-state index in [0.717, 1.165) is 16.7 Å². The molecule has 1 aliphatic rings. The van der Waals surface area contributed by atoms with Crippen LogP contribution in [0.3, 0.4) is 0 Å². The largest absolute Gasteiger partial charge is 0.452 e. The molecule has 4 rings (SSSR count). The Bertz CT molecular complexity index is 1380. The zero-order chi connectivity index (χ0) is 25.2. The topological polar surface area (TPSA) is 92.8 Å². The SMILES string of the molecule is Cc1cccc(C(C)C)c1NC(=O)COC(=O)c1cccc(S(=O)(=O)N2CCc3ccccc32)c1. The molecule has 35 heavy (non-hydrogen) atoms. The molecule has 1 heterocycles. The number of amides is 1. The first kappa shape index (κ1) is 24.5. The van der Waals surface area contributed by atoms with Gasteiger partial charge in [-0.3, -0.25) is 9.10 Å². The third-order valence-electron chi connectivity index (χ3n) is 6.03. The maximum absolute atomic E-state index is 13.3. The van der Waals surface area contributed by atoms with Gasteiger partial charge in [0.2, 0.25) is 0 Å². The number of ether oxygens (including phenoxy) is 1. The molecule has 0 unspecified atom stereocenters. The summed E-state index contributed by atoms with van der Waals surface area (Å²) in [6.45, 7) is 5.83. The van der Waals surface area contributed by atoms with Gasteiger partial charge < -0.3 is 10.1 Å². The van der Waals surface area contributed by atoms with Crippen LogP contribution in [0.25, 0.3) is 0 Å². The lowest BCUT2D eigenvalue weighted by atomic mass is 9.98. The Morgan fingerprint density at radius 1 is 1.03 bits per heavy atom. The highest BCUT2D eigenvalue weighted by molar-refractivity contribution is 7.92. The van der Waals surface area contributed by atoms with Crippen LogP contribution in [0, 0.1) is 6.92 Å². The molecule has 1 aliphatic heterocycles. The van der Waals surface area contributed by atoms with E-state index in [1.807, 2.05) is 51.1 Å². The summed E-state index contributed by atoms with van der Waals surface area (Å²) in [5.74, 6) is -1.03. The quantitative estimate of drug-likeness (QED) is 0.484. The highest BCUT2D eigenvalue weighted by atomic mass is 32.2. The average molecular weight is 493 g/mol. The van der Waals surface area contributed by atoms with Crippen molar-refractivity contribution in [3.63, 3.8) is 0 Å². The third kappa shape index (κ3) is 5.07. The van der Waals surface area contributed by atoms with E-state index >= 15 is 0 Å². The lowest BCUT2D eigenvalue weighted by Gasteiger charge is -2.20. The molecule has 182 valence electrons. The second-order valence-electron chi connectivity index (χ2n) is 8.80. The summed E-state index contributed by atoms with van der Waals surface area (Å²) in [7, 11) is -3.85. The number of aryl methyl sites for hydroxylation is 1. The van der Waals surface area contributed by atoms with Crippen molar-refractivity contribution < 1.29 is 22.7 Å². The minimum atomic E-state index is -3.85. The van der Waals surface area contributed by atoms with Crippen molar-refractivity contribution in [2.24, 2.45) is 0 Å². The molecule has 0 atom stereocenters. The molecule has 0 saturated carbocycles. The molecule has 0 radical (unpaired) electrons. The summed E-state index contributed by atoms with van der Waals surface area (Å²) >= 11 is 0. The van der Waals surface area contributed by atoms with Crippen molar-refractivity contribution in [3.05, 3.63) is 89.0 Å². The number of hydrogen-bond donors (Lipinski definition) is 1. The van der Waals surface area contributed by atoms with E-state index in [1.54, 1.807) is 12.1 Å². The number of carbonyl (C=O) groups is 2. The van der Waals surface area contributed by atoms with E-state index in [0.29, 0.717) is 24.3 Å². The summed E-state index contributed by atoms with van der Waals surface area (Å²) in [6.07, 6.45) is 0.631. The molecule has 0 aromatic heterocycles. The third-order valence-corrected chi connectivity index (χ3v) is 7.84. The van der Waals surface area contributed by atoms with Crippen LogP contribution in [0.15, 0.2) is 71.6 Å². The monoisotopic (exact) mass is 492 g/mol. The summed E-state index contributed by atoms with van der Waals surface area (Å²) in [6, 6.07) is 18.8. The fourth-order valence-corrected chi connectivity index (χ4v) is 5.75. The maximum atomic E-state index is 13.3. The van der Waals surface area contributed by atoms with Crippen LogP contribution in [0.2, 0.25) is 0 Å². The number of hydrogen-bond acceptors (Lipinski definition) is 5. The number of fused-ring (bicyclic) bond motifs is 1. The molecule has 0 aliphatic carbocycles. The zero-order valence-electron chi connectivity index (χ0n) is 19.9. The predicted octanol–water partition coefficient (Wildman–Crippen LogP) is 4.67. The van der Waals surface area contributed by atoms with Crippen LogP contribution in [0.4, 0.5) is 11.4 Å². The van der Waals surface area contributed by atoms with Crippen molar-refractivity contribution in [1.29, 1.82) is 0 Å². The molecule has 3 aromatic rings. The van der Waals surface area contributed by atoms with Crippen molar-refractivity contribution in [1.82, 2.24) is 0 Å². The number of carbonyl (C=O) groups excluding carboxylic acids is 2. The molecule has 1 amide bonds. The normalized spacial score (nSPS) is 13.0. The van der Waals surface area contributed by atoms with Crippen molar-refractivity contribution in [2.45, 2.75) is 38.0 Å². The number of nitrogens with one attached hydrogen (secondary N) is 1. The Morgan fingerprint density at radius 2 is 1.77 bits per heavy atom. The molecule has 0 saturated heterocycles. The second kappa shape index (κ2) is 9.92. The molecule has 0 bridgehead atoms. The van der Waals surface area contributed by atoms with E-state index in [-0.39, 0.29) is 16.4 Å². The van der Waals surface area contributed by atoms with E-state index in [1.165, 1.54) is 28.6 Å². The maximum Gasteiger partial charge on any atom is 0.338 e. The highest BCUT2D eigenvalue weighted by Gasteiger charge is 2.31. The van der Waals surface area contributed by atoms with Gasteiger partial charge in [0.05, 0.1) is 16.1 Å². The number of sulfonamides is 1. The van der Waals surface area contributed by atoms with Crippen LogP contribution in [-0.4, -0.2) is 33.4 Å². The van der Waals surface area contributed by atoms with Crippen molar-refractivity contribution >= 4 is 33.3 Å². The fraction of sp³-hybridized carbons (Fsp3) is 0.259. The molecule has 0 fully saturated rings. The van der Waals surface area contributed by atoms with E-state index in [4.69, 9.17) is 4.74 Å². The van der Waals surface area contributed by atoms with E-state index < -0.39 is 28.5 Å². The minimum absolute atomic E-state index is 0.00501. The van der Waals surface area contributed by atoms with Crippen molar-refractivity contribution in [2.75, 3.05) is 22.8 Å². The van der Waals surface area contributed by atoms with Gasteiger partial charge in [-0.2, -0.15) is 0 Å². The van der Waals surface area contributed by atoms with Gasteiger partial charge in [0.25, 0.3) is 15.9 Å². The summed E-state index contributed by atoms with van der Waals surface area (Å²) in [5.41, 5.74) is 4.29. The first-order valence-corrected chi connectivity index (χ1v) is 12.9. The molecule has 8 heteroatoms. The summed E-state index contributed by atoms with van der Waals surface area (Å²) in [4.78, 5) is 25.1. The Labute approximate surface area is 205 Å². The van der Waals surface area contributed by atoms with Gasteiger partial charge in [0.15, 0.2) is 6.61 Å². The van der Waals surface area contributed by atoms with E-state index in [9.17, 15) is 18.0 Å². The van der Waals surface area contributed by atoms with Gasteiger partial charge in [-0.15, -0.1) is 0 Å². The van der Waals surface area contributed by atoms with Gasteiger partial charge in [-0.1, -0.05) is 56.3 Å². The minimum Gasteiger partial charge on any atom is -0.452 e. The fourth-order valence-electron chi connectivity index (χ4n) is 4.20. The molecule has 7 nitrogen and oxygen atoms in total. The highest BCUT2D eigenvalue weighted by Crippen LogP contribution is 2.33. The van der Waals surface area contributed by atoms with E-state index in [2.05, 4.69) is 5.32 Å². The molecule has 1 N–H and O–H groups in total. The lowest BCUT2D eigenvalue weighted by Crippen LogP contribution is -2.29. The number of para-hydroxylation sites is 2. The zero-order valence-corrected chi connectivity index (χ0v) is 20.8. The van der Waals surface area contributed by atoms with Crippen LogP contribution < -0.4 is 9.62 Å². The van der Waals surface area contributed by atoms with Crippen LogP contribution in [0.1, 0.15) is 46.8 Å². The van der Waals surface area contributed by atoms with Crippen molar-refractivity contribution in [3.8, 4) is 0 Å².